The normalized spacial score (nSPS) is 24.1. The lowest BCUT2D eigenvalue weighted by atomic mass is 10.2. The SMILES string of the molecule is Cn1c(Cl)cnc1CN(C[C@@H]1CCCN1)C1CC1. The van der Waals surface area contributed by atoms with Crippen LogP contribution in [0.15, 0.2) is 6.20 Å². The smallest absolute Gasteiger partial charge is 0.128 e. The summed E-state index contributed by atoms with van der Waals surface area (Å²) in [4.78, 5) is 6.98. The summed E-state index contributed by atoms with van der Waals surface area (Å²) in [5, 5.41) is 4.30. The molecule has 1 aliphatic carbocycles. The number of nitrogens with zero attached hydrogens (tertiary/aromatic N) is 3. The summed E-state index contributed by atoms with van der Waals surface area (Å²) < 4.78 is 1.99. The molecule has 0 aromatic carbocycles. The molecule has 1 aliphatic heterocycles. The summed E-state index contributed by atoms with van der Waals surface area (Å²) in [7, 11) is 1.99. The number of imidazole rings is 1. The van der Waals surface area contributed by atoms with Crippen LogP contribution in [0.4, 0.5) is 0 Å². The van der Waals surface area contributed by atoms with Gasteiger partial charge in [0.05, 0.1) is 12.7 Å². The van der Waals surface area contributed by atoms with Gasteiger partial charge in [-0.1, -0.05) is 11.6 Å². The van der Waals surface area contributed by atoms with Gasteiger partial charge in [-0.15, -0.1) is 0 Å². The third kappa shape index (κ3) is 2.71. The van der Waals surface area contributed by atoms with Crippen molar-refractivity contribution < 1.29 is 0 Å². The van der Waals surface area contributed by atoms with Crippen molar-refractivity contribution in [2.24, 2.45) is 7.05 Å². The van der Waals surface area contributed by atoms with Gasteiger partial charge >= 0.3 is 0 Å². The van der Waals surface area contributed by atoms with Crippen LogP contribution in [0.3, 0.4) is 0 Å². The Morgan fingerprint density at radius 2 is 2.33 bits per heavy atom. The van der Waals surface area contributed by atoms with Crippen molar-refractivity contribution in [1.82, 2.24) is 19.8 Å². The van der Waals surface area contributed by atoms with Crippen LogP contribution in [0.2, 0.25) is 5.15 Å². The second-order valence-electron chi connectivity index (χ2n) is 5.51. The van der Waals surface area contributed by atoms with E-state index in [4.69, 9.17) is 11.6 Å². The molecule has 5 heteroatoms. The zero-order chi connectivity index (χ0) is 12.5. The highest BCUT2D eigenvalue weighted by atomic mass is 35.5. The standard InChI is InChI=1S/C13H21ClN4/c1-17-12(14)7-16-13(17)9-18(11-4-5-11)8-10-3-2-6-15-10/h7,10-11,15H,2-6,8-9H2,1H3/t10-/m0/s1. The van der Waals surface area contributed by atoms with Crippen LogP contribution in [0.5, 0.6) is 0 Å². The average molecular weight is 269 g/mol. The van der Waals surface area contributed by atoms with Crippen LogP contribution < -0.4 is 5.32 Å². The lowest BCUT2D eigenvalue weighted by Gasteiger charge is -2.25. The lowest BCUT2D eigenvalue weighted by molar-refractivity contribution is 0.224. The fourth-order valence-corrected chi connectivity index (χ4v) is 2.88. The van der Waals surface area contributed by atoms with Crippen molar-refractivity contribution in [2.75, 3.05) is 13.1 Å². The maximum Gasteiger partial charge on any atom is 0.128 e. The first kappa shape index (κ1) is 12.5. The molecule has 1 aromatic rings. The fourth-order valence-electron chi connectivity index (χ4n) is 2.73. The summed E-state index contributed by atoms with van der Waals surface area (Å²) in [6.07, 6.45) is 7.05. The van der Waals surface area contributed by atoms with Crippen molar-refractivity contribution in [3.05, 3.63) is 17.2 Å². The lowest BCUT2D eigenvalue weighted by Crippen LogP contribution is -2.38. The van der Waals surface area contributed by atoms with Crippen LogP contribution in [-0.2, 0) is 13.6 Å². The Labute approximate surface area is 113 Å². The number of hydrogen-bond acceptors (Lipinski definition) is 3. The van der Waals surface area contributed by atoms with Crippen LogP contribution in [0, 0.1) is 0 Å². The molecule has 4 nitrogen and oxygen atoms in total. The molecule has 0 unspecified atom stereocenters. The molecule has 100 valence electrons. The average Bonchev–Trinajstić information content (AvgIpc) is 3.01. The first-order chi connectivity index (χ1) is 8.74. The topological polar surface area (TPSA) is 33.1 Å². The second kappa shape index (κ2) is 5.19. The molecule has 1 saturated carbocycles. The van der Waals surface area contributed by atoms with Crippen LogP contribution in [0.25, 0.3) is 0 Å². The van der Waals surface area contributed by atoms with Gasteiger partial charge < -0.3 is 9.88 Å². The quantitative estimate of drug-likeness (QED) is 0.884. The van der Waals surface area contributed by atoms with Gasteiger partial charge in [0, 0.05) is 25.7 Å². The Bertz CT molecular complexity index is 407. The van der Waals surface area contributed by atoms with E-state index >= 15 is 0 Å². The molecule has 2 fully saturated rings. The fraction of sp³-hybridized carbons (Fsp3) is 0.769. The van der Waals surface area contributed by atoms with Gasteiger partial charge in [0.15, 0.2) is 0 Å². The van der Waals surface area contributed by atoms with Crippen molar-refractivity contribution in [3.8, 4) is 0 Å². The van der Waals surface area contributed by atoms with E-state index in [0.29, 0.717) is 6.04 Å². The highest BCUT2D eigenvalue weighted by Crippen LogP contribution is 2.29. The first-order valence-corrected chi connectivity index (χ1v) is 7.25. The van der Waals surface area contributed by atoms with Gasteiger partial charge in [-0.2, -0.15) is 0 Å². The van der Waals surface area contributed by atoms with Gasteiger partial charge in [-0.05, 0) is 32.2 Å². The molecular formula is C13H21ClN4. The Kier molecular flexibility index (Phi) is 3.59. The van der Waals surface area contributed by atoms with Crippen molar-refractivity contribution in [3.63, 3.8) is 0 Å². The zero-order valence-electron chi connectivity index (χ0n) is 10.9. The molecule has 0 radical (unpaired) electrons. The Morgan fingerprint density at radius 1 is 1.50 bits per heavy atom. The Balaban J connectivity index is 1.64. The zero-order valence-corrected chi connectivity index (χ0v) is 11.7. The number of rotatable bonds is 5. The van der Waals surface area contributed by atoms with E-state index < -0.39 is 0 Å². The van der Waals surface area contributed by atoms with Crippen LogP contribution >= 0.6 is 11.6 Å². The van der Waals surface area contributed by atoms with Crippen molar-refractivity contribution >= 4 is 11.6 Å². The Morgan fingerprint density at radius 3 is 2.89 bits per heavy atom. The van der Waals surface area contributed by atoms with Crippen LogP contribution in [-0.4, -0.2) is 39.6 Å². The highest BCUT2D eigenvalue weighted by Gasteiger charge is 2.32. The van der Waals surface area contributed by atoms with E-state index in [1.165, 1.54) is 32.2 Å². The monoisotopic (exact) mass is 268 g/mol. The van der Waals surface area contributed by atoms with E-state index in [2.05, 4.69) is 15.2 Å². The third-order valence-electron chi connectivity index (χ3n) is 4.05. The minimum atomic E-state index is 0.668. The summed E-state index contributed by atoms with van der Waals surface area (Å²) in [6, 6.07) is 1.43. The molecule has 2 heterocycles. The molecule has 1 N–H and O–H groups in total. The minimum Gasteiger partial charge on any atom is -0.321 e. The van der Waals surface area contributed by atoms with E-state index in [1.54, 1.807) is 6.20 Å². The van der Waals surface area contributed by atoms with Gasteiger partial charge in [0.1, 0.15) is 11.0 Å². The van der Waals surface area contributed by atoms with E-state index in [1.807, 2.05) is 11.6 Å². The molecule has 18 heavy (non-hydrogen) atoms. The summed E-state index contributed by atoms with van der Waals surface area (Å²) in [5.74, 6) is 1.07. The number of nitrogens with one attached hydrogen (secondary N) is 1. The Hall–Kier alpha value is -0.580. The maximum absolute atomic E-state index is 6.05. The summed E-state index contributed by atoms with van der Waals surface area (Å²) in [6.45, 7) is 3.25. The molecule has 0 amide bonds. The van der Waals surface area contributed by atoms with Crippen LogP contribution in [0.1, 0.15) is 31.5 Å². The van der Waals surface area contributed by atoms with E-state index in [0.717, 1.165) is 30.1 Å². The van der Waals surface area contributed by atoms with E-state index in [9.17, 15) is 0 Å². The number of hydrogen-bond donors (Lipinski definition) is 1. The summed E-state index contributed by atoms with van der Waals surface area (Å²) in [5.41, 5.74) is 0. The first-order valence-electron chi connectivity index (χ1n) is 6.87. The number of halogens is 1. The van der Waals surface area contributed by atoms with Crippen molar-refractivity contribution in [2.45, 2.75) is 44.3 Å². The third-order valence-corrected chi connectivity index (χ3v) is 4.40. The molecule has 3 rings (SSSR count). The molecule has 0 spiro atoms. The second-order valence-corrected chi connectivity index (χ2v) is 5.90. The molecule has 1 saturated heterocycles. The highest BCUT2D eigenvalue weighted by molar-refractivity contribution is 6.29. The van der Waals surface area contributed by atoms with Gasteiger partial charge in [-0.25, -0.2) is 4.98 Å². The van der Waals surface area contributed by atoms with Gasteiger partial charge in [0.25, 0.3) is 0 Å². The number of aromatic nitrogens is 2. The molecular weight excluding hydrogens is 248 g/mol. The molecule has 1 atom stereocenters. The van der Waals surface area contributed by atoms with Gasteiger partial charge in [0.2, 0.25) is 0 Å². The molecule has 2 aliphatic rings. The van der Waals surface area contributed by atoms with Crippen molar-refractivity contribution in [1.29, 1.82) is 0 Å². The predicted octanol–water partition coefficient (Wildman–Crippen LogP) is 1.79. The summed E-state index contributed by atoms with van der Waals surface area (Å²) >= 11 is 6.05. The molecule has 0 bridgehead atoms. The minimum absolute atomic E-state index is 0.668. The van der Waals surface area contributed by atoms with E-state index in [-0.39, 0.29) is 0 Å². The predicted molar refractivity (Wildman–Crippen MR) is 72.7 cm³/mol. The maximum atomic E-state index is 6.05. The van der Waals surface area contributed by atoms with Gasteiger partial charge in [-0.3, -0.25) is 4.90 Å². The largest absolute Gasteiger partial charge is 0.321 e. The molecule has 1 aromatic heterocycles.